The first kappa shape index (κ1) is 6.78. The zero-order valence-electron chi connectivity index (χ0n) is 6.01. The van der Waals surface area contributed by atoms with Crippen LogP contribution in [0.3, 0.4) is 0 Å². The summed E-state index contributed by atoms with van der Waals surface area (Å²) in [5.74, 6) is -0.992. The maximum Gasteiger partial charge on any atom is 0.354 e. The Morgan fingerprint density at radius 2 is 2.33 bits per heavy atom. The van der Waals surface area contributed by atoms with E-state index in [1.54, 1.807) is 12.3 Å². The second-order valence-corrected chi connectivity index (χ2v) is 2.27. The fourth-order valence-corrected chi connectivity index (χ4v) is 1.02. The molecule has 1 N–H and O–H groups in total. The minimum atomic E-state index is -0.992. The lowest BCUT2D eigenvalue weighted by Gasteiger charge is -1.93. The number of aromatic nitrogens is 3. The molecule has 0 atom stereocenters. The molecule has 5 heteroatoms. The fraction of sp³-hybridized carbons (Fsp3) is 0. The number of carboxylic acid groups (broad SMARTS) is 1. The summed E-state index contributed by atoms with van der Waals surface area (Å²) in [5, 5.41) is 12.5. The van der Waals surface area contributed by atoms with Gasteiger partial charge < -0.3 is 5.11 Å². The average Bonchev–Trinajstić information content (AvgIpc) is 2.47. The third-order valence-electron chi connectivity index (χ3n) is 1.54. The standard InChI is InChI=1S/C7H5N3O2/c11-7(12)6-2-1-5-3-8-4-9-10(5)6/h1-4H,(H,11,12). The van der Waals surface area contributed by atoms with Crippen LogP contribution in [0, 0.1) is 0 Å². The zero-order chi connectivity index (χ0) is 8.55. The molecule has 0 bridgehead atoms. The van der Waals surface area contributed by atoms with Gasteiger partial charge >= 0.3 is 5.97 Å². The number of fused-ring (bicyclic) bond motifs is 1. The van der Waals surface area contributed by atoms with Crippen LogP contribution in [0.2, 0.25) is 0 Å². The second-order valence-electron chi connectivity index (χ2n) is 2.27. The van der Waals surface area contributed by atoms with Gasteiger partial charge in [-0.25, -0.2) is 14.3 Å². The molecule has 0 spiro atoms. The van der Waals surface area contributed by atoms with Gasteiger partial charge in [-0.15, -0.1) is 0 Å². The molecule has 2 aromatic rings. The molecule has 0 aliphatic heterocycles. The molecule has 0 aliphatic rings. The van der Waals surface area contributed by atoms with Crippen LogP contribution in [-0.4, -0.2) is 25.7 Å². The number of hydrogen-bond acceptors (Lipinski definition) is 3. The zero-order valence-corrected chi connectivity index (χ0v) is 6.01. The van der Waals surface area contributed by atoms with Crippen molar-refractivity contribution in [3.05, 3.63) is 30.4 Å². The van der Waals surface area contributed by atoms with Crippen molar-refractivity contribution in [1.82, 2.24) is 14.6 Å². The second kappa shape index (κ2) is 2.30. The third kappa shape index (κ3) is 0.833. The highest BCUT2D eigenvalue weighted by Gasteiger charge is 2.08. The normalized spacial score (nSPS) is 10.3. The topological polar surface area (TPSA) is 67.5 Å². The van der Waals surface area contributed by atoms with E-state index in [0.717, 1.165) is 0 Å². The van der Waals surface area contributed by atoms with Crippen LogP contribution in [-0.2, 0) is 0 Å². The molecule has 0 unspecified atom stereocenters. The van der Waals surface area contributed by atoms with E-state index in [0.29, 0.717) is 5.52 Å². The van der Waals surface area contributed by atoms with E-state index in [9.17, 15) is 4.79 Å². The van der Waals surface area contributed by atoms with Gasteiger partial charge in [-0.1, -0.05) is 0 Å². The molecule has 2 heterocycles. The molecule has 0 amide bonds. The summed E-state index contributed by atoms with van der Waals surface area (Å²) in [6.07, 6.45) is 2.86. The number of aromatic carboxylic acids is 1. The predicted molar refractivity (Wildman–Crippen MR) is 39.9 cm³/mol. The highest BCUT2D eigenvalue weighted by molar-refractivity contribution is 5.87. The molecule has 0 fully saturated rings. The van der Waals surface area contributed by atoms with Gasteiger partial charge in [-0.3, -0.25) is 0 Å². The molecule has 0 aromatic carbocycles. The number of carbonyl (C=O) groups is 1. The van der Waals surface area contributed by atoms with Crippen molar-refractivity contribution >= 4 is 11.5 Å². The lowest BCUT2D eigenvalue weighted by molar-refractivity contribution is 0.0688. The first-order valence-electron chi connectivity index (χ1n) is 3.30. The lowest BCUT2D eigenvalue weighted by atomic mass is 10.4. The smallest absolute Gasteiger partial charge is 0.354 e. The van der Waals surface area contributed by atoms with Crippen molar-refractivity contribution in [2.45, 2.75) is 0 Å². The third-order valence-corrected chi connectivity index (χ3v) is 1.54. The summed E-state index contributed by atoms with van der Waals surface area (Å²) in [7, 11) is 0. The van der Waals surface area contributed by atoms with E-state index in [1.807, 2.05) is 0 Å². The molecular weight excluding hydrogens is 158 g/mol. The van der Waals surface area contributed by atoms with Crippen molar-refractivity contribution in [3.8, 4) is 0 Å². The van der Waals surface area contributed by atoms with Crippen molar-refractivity contribution < 1.29 is 9.90 Å². The predicted octanol–water partition coefficient (Wildman–Crippen LogP) is 0.427. The molecule has 2 aromatic heterocycles. The highest BCUT2D eigenvalue weighted by atomic mass is 16.4. The van der Waals surface area contributed by atoms with E-state index in [2.05, 4.69) is 10.1 Å². The minimum Gasteiger partial charge on any atom is -0.477 e. The van der Waals surface area contributed by atoms with Crippen LogP contribution in [0.1, 0.15) is 10.5 Å². The van der Waals surface area contributed by atoms with Crippen LogP contribution < -0.4 is 0 Å². The van der Waals surface area contributed by atoms with Crippen molar-refractivity contribution in [1.29, 1.82) is 0 Å². The summed E-state index contributed by atoms with van der Waals surface area (Å²) < 4.78 is 1.33. The molecule has 5 nitrogen and oxygen atoms in total. The van der Waals surface area contributed by atoms with Gasteiger partial charge in [-0.05, 0) is 12.1 Å². The maximum atomic E-state index is 10.6. The van der Waals surface area contributed by atoms with Crippen molar-refractivity contribution in [3.63, 3.8) is 0 Å². The Hall–Kier alpha value is -1.91. The van der Waals surface area contributed by atoms with E-state index >= 15 is 0 Å². The molecular formula is C7H5N3O2. The highest BCUT2D eigenvalue weighted by Crippen LogP contribution is 2.05. The van der Waals surface area contributed by atoms with E-state index in [1.165, 1.54) is 16.9 Å². The monoisotopic (exact) mass is 163 g/mol. The lowest BCUT2D eigenvalue weighted by Crippen LogP contribution is -2.03. The Balaban J connectivity index is 2.79. The molecule has 0 saturated carbocycles. The SMILES string of the molecule is O=C(O)c1ccc2cncnn12. The van der Waals surface area contributed by atoms with E-state index in [-0.39, 0.29) is 5.69 Å². The van der Waals surface area contributed by atoms with Crippen LogP contribution in [0.15, 0.2) is 24.7 Å². The van der Waals surface area contributed by atoms with Gasteiger partial charge in [0, 0.05) is 0 Å². The summed E-state index contributed by atoms with van der Waals surface area (Å²) >= 11 is 0. The van der Waals surface area contributed by atoms with Gasteiger partial charge in [0.15, 0.2) is 5.69 Å². The van der Waals surface area contributed by atoms with Crippen LogP contribution in [0.4, 0.5) is 0 Å². The summed E-state index contributed by atoms with van der Waals surface area (Å²) in [5.41, 5.74) is 0.822. The van der Waals surface area contributed by atoms with E-state index < -0.39 is 5.97 Å². The Morgan fingerprint density at radius 3 is 3.08 bits per heavy atom. The van der Waals surface area contributed by atoms with Crippen LogP contribution in [0.5, 0.6) is 0 Å². The first-order chi connectivity index (χ1) is 5.79. The summed E-state index contributed by atoms with van der Waals surface area (Å²) in [4.78, 5) is 14.4. The Kier molecular flexibility index (Phi) is 1.30. The number of hydrogen-bond donors (Lipinski definition) is 1. The van der Waals surface area contributed by atoms with Crippen molar-refractivity contribution in [2.24, 2.45) is 0 Å². The number of nitrogens with zero attached hydrogens (tertiary/aromatic N) is 3. The Labute approximate surface area is 67.3 Å². The number of carboxylic acids is 1. The van der Waals surface area contributed by atoms with Gasteiger partial charge in [0.25, 0.3) is 0 Å². The van der Waals surface area contributed by atoms with Crippen molar-refractivity contribution in [2.75, 3.05) is 0 Å². The Bertz CT molecular complexity index is 435. The average molecular weight is 163 g/mol. The number of rotatable bonds is 1. The van der Waals surface area contributed by atoms with Crippen LogP contribution in [0.25, 0.3) is 5.52 Å². The largest absolute Gasteiger partial charge is 0.477 e. The quantitative estimate of drug-likeness (QED) is 0.661. The molecule has 2 rings (SSSR count). The summed E-state index contributed by atoms with van der Waals surface area (Å²) in [6, 6.07) is 3.15. The molecule has 0 aliphatic carbocycles. The minimum absolute atomic E-state index is 0.146. The first-order valence-corrected chi connectivity index (χ1v) is 3.30. The van der Waals surface area contributed by atoms with E-state index in [4.69, 9.17) is 5.11 Å². The van der Waals surface area contributed by atoms with Gasteiger partial charge in [-0.2, -0.15) is 5.10 Å². The van der Waals surface area contributed by atoms with Gasteiger partial charge in [0.1, 0.15) is 6.33 Å². The fourth-order valence-electron chi connectivity index (χ4n) is 1.02. The molecule has 60 valence electrons. The molecule has 12 heavy (non-hydrogen) atoms. The van der Waals surface area contributed by atoms with Gasteiger partial charge in [0.05, 0.1) is 11.7 Å². The Morgan fingerprint density at radius 1 is 1.50 bits per heavy atom. The molecule has 0 radical (unpaired) electrons. The summed E-state index contributed by atoms with van der Waals surface area (Å²) in [6.45, 7) is 0. The molecule has 0 saturated heterocycles. The van der Waals surface area contributed by atoms with Crippen LogP contribution >= 0.6 is 0 Å². The van der Waals surface area contributed by atoms with Gasteiger partial charge in [0.2, 0.25) is 0 Å². The maximum absolute atomic E-state index is 10.6.